The summed E-state index contributed by atoms with van der Waals surface area (Å²) in [6.07, 6.45) is 5.57. The molecule has 0 saturated heterocycles. The van der Waals surface area contributed by atoms with Gasteiger partial charge >= 0.3 is 5.97 Å². The summed E-state index contributed by atoms with van der Waals surface area (Å²) in [6, 6.07) is 6.32. The average molecular weight is 343 g/mol. The van der Waals surface area contributed by atoms with E-state index in [9.17, 15) is 13.2 Å². The molecule has 1 aromatic carbocycles. The lowest BCUT2D eigenvalue weighted by molar-refractivity contribution is -0.144. The van der Waals surface area contributed by atoms with E-state index in [1.165, 1.54) is 32.1 Å². The first-order valence-corrected chi connectivity index (χ1v) is 9.84. The summed E-state index contributed by atoms with van der Waals surface area (Å²) in [5, 5.41) is 0. The van der Waals surface area contributed by atoms with E-state index in [4.69, 9.17) is 15.4 Å². The zero-order valence-corrected chi connectivity index (χ0v) is 14.0. The van der Waals surface area contributed by atoms with Gasteiger partial charge in [-0.2, -0.15) is 0 Å². The maximum atomic E-state index is 12.4. The van der Waals surface area contributed by atoms with Crippen LogP contribution in [0.2, 0.25) is 0 Å². The molecule has 0 aromatic heterocycles. The molecule has 2 atom stereocenters. The van der Waals surface area contributed by atoms with Crippen LogP contribution >= 0.6 is 10.7 Å². The molecule has 2 aliphatic rings. The van der Waals surface area contributed by atoms with Crippen molar-refractivity contribution >= 4 is 25.7 Å². The molecule has 0 spiro atoms. The maximum absolute atomic E-state index is 12.4. The minimum atomic E-state index is -3.74. The van der Waals surface area contributed by atoms with E-state index in [2.05, 4.69) is 0 Å². The fourth-order valence-corrected chi connectivity index (χ4v) is 4.77. The van der Waals surface area contributed by atoms with Gasteiger partial charge in [0, 0.05) is 10.7 Å². The summed E-state index contributed by atoms with van der Waals surface area (Å²) in [5.41, 5.74) is 0.235. The Bertz CT molecular complexity index is 677. The Morgan fingerprint density at radius 2 is 1.82 bits per heavy atom. The number of carbonyl (C=O) groups excluding carboxylic acids is 1. The van der Waals surface area contributed by atoms with Gasteiger partial charge in [-0.3, -0.25) is 4.79 Å². The van der Waals surface area contributed by atoms with Gasteiger partial charge in [0.15, 0.2) is 0 Å². The molecule has 0 N–H and O–H groups in total. The predicted molar refractivity (Wildman–Crippen MR) is 83.2 cm³/mol. The van der Waals surface area contributed by atoms with E-state index >= 15 is 0 Å². The number of esters is 1. The van der Waals surface area contributed by atoms with Gasteiger partial charge in [-0.15, -0.1) is 0 Å². The molecule has 120 valence electrons. The SMILES string of the molecule is COC(=O)[C@]1(c2ccc(S(=O)(=O)Cl)cc2)C[C@H]1C1CCCC1. The van der Waals surface area contributed by atoms with E-state index in [0.29, 0.717) is 11.8 Å². The Kier molecular flexibility index (Phi) is 3.98. The number of hydrogen-bond donors (Lipinski definition) is 0. The van der Waals surface area contributed by atoms with E-state index in [0.717, 1.165) is 24.8 Å². The number of methoxy groups -OCH3 is 1. The highest BCUT2D eigenvalue weighted by Crippen LogP contribution is 2.61. The number of rotatable bonds is 4. The molecule has 6 heteroatoms. The molecule has 0 unspecified atom stereocenters. The van der Waals surface area contributed by atoms with E-state index in [1.807, 2.05) is 0 Å². The highest BCUT2D eigenvalue weighted by Gasteiger charge is 2.64. The molecule has 0 heterocycles. The van der Waals surface area contributed by atoms with Crippen molar-refractivity contribution in [1.29, 1.82) is 0 Å². The summed E-state index contributed by atoms with van der Waals surface area (Å²) in [5.74, 6) is 0.655. The lowest BCUT2D eigenvalue weighted by atomic mass is 9.87. The quantitative estimate of drug-likeness (QED) is 0.622. The molecule has 2 fully saturated rings. The Morgan fingerprint density at radius 1 is 1.23 bits per heavy atom. The van der Waals surface area contributed by atoms with Crippen LogP contribution in [0.1, 0.15) is 37.7 Å². The summed E-state index contributed by atoms with van der Waals surface area (Å²) >= 11 is 0. The van der Waals surface area contributed by atoms with Crippen LogP contribution in [0.3, 0.4) is 0 Å². The first kappa shape index (κ1) is 15.8. The third-order valence-electron chi connectivity index (χ3n) is 5.18. The van der Waals surface area contributed by atoms with E-state index in [1.54, 1.807) is 12.1 Å². The Labute approximate surface area is 135 Å². The zero-order valence-electron chi connectivity index (χ0n) is 12.4. The zero-order chi connectivity index (χ0) is 16.0. The van der Waals surface area contributed by atoms with Gasteiger partial charge in [0.25, 0.3) is 9.05 Å². The van der Waals surface area contributed by atoms with Crippen molar-refractivity contribution in [2.45, 2.75) is 42.4 Å². The third kappa shape index (κ3) is 2.54. The van der Waals surface area contributed by atoms with Crippen LogP contribution in [0.15, 0.2) is 29.2 Å². The van der Waals surface area contributed by atoms with Gasteiger partial charge in [-0.1, -0.05) is 37.8 Å². The molecule has 2 saturated carbocycles. The van der Waals surface area contributed by atoms with Crippen molar-refractivity contribution in [3.8, 4) is 0 Å². The number of hydrogen-bond acceptors (Lipinski definition) is 4. The van der Waals surface area contributed by atoms with Crippen molar-refractivity contribution in [1.82, 2.24) is 0 Å². The van der Waals surface area contributed by atoms with Gasteiger partial charge in [-0.25, -0.2) is 8.42 Å². The maximum Gasteiger partial charge on any atom is 0.316 e. The largest absolute Gasteiger partial charge is 0.468 e. The second-order valence-electron chi connectivity index (χ2n) is 6.28. The lowest BCUT2D eigenvalue weighted by Crippen LogP contribution is -2.26. The van der Waals surface area contributed by atoms with Crippen molar-refractivity contribution in [2.75, 3.05) is 7.11 Å². The van der Waals surface area contributed by atoms with Crippen LogP contribution < -0.4 is 0 Å². The van der Waals surface area contributed by atoms with Gasteiger partial charge in [0.05, 0.1) is 17.4 Å². The molecule has 1 aromatic rings. The van der Waals surface area contributed by atoms with Gasteiger partial charge in [0.1, 0.15) is 0 Å². The molecule has 0 radical (unpaired) electrons. The Morgan fingerprint density at radius 3 is 2.32 bits per heavy atom. The molecule has 3 rings (SSSR count). The third-order valence-corrected chi connectivity index (χ3v) is 6.55. The fourth-order valence-electron chi connectivity index (χ4n) is 4.00. The van der Waals surface area contributed by atoms with E-state index in [-0.39, 0.29) is 10.9 Å². The molecule has 4 nitrogen and oxygen atoms in total. The predicted octanol–water partition coefficient (Wildman–Crippen LogP) is 3.24. The van der Waals surface area contributed by atoms with Crippen molar-refractivity contribution in [3.05, 3.63) is 29.8 Å². The molecule has 0 aliphatic heterocycles. The molecule has 0 amide bonds. The lowest BCUT2D eigenvalue weighted by Gasteiger charge is -2.18. The number of halogens is 1. The van der Waals surface area contributed by atoms with Crippen LogP contribution in [0.4, 0.5) is 0 Å². The Balaban J connectivity index is 1.93. The normalized spacial score (nSPS) is 28.5. The smallest absolute Gasteiger partial charge is 0.316 e. The summed E-state index contributed by atoms with van der Waals surface area (Å²) in [6.45, 7) is 0. The molecular formula is C16H19ClO4S. The summed E-state index contributed by atoms with van der Waals surface area (Å²) in [4.78, 5) is 12.4. The number of ether oxygens (including phenoxy) is 1. The second-order valence-corrected chi connectivity index (χ2v) is 8.85. The monoisotopic (exact) mass is 342 g/mol. The summed E-state index contributed by atoms with van der Waals surface area (Å²) in [7, 11) is 3.01. The van der Waals surface area contributed by atoms with Crippen LogP contribution in [0.5, 0.6) is 0 Å². The van der Waals surface area contributed by atoms with Gasteiger partial charge in [-0.05, 0) is 36.0 Å². The minimum absolute atomic E-state index is 0.0519. The molecular weight excluding hydrogens is 324 g/mol. The van der Waals surface area contributed by atoms with Gasteiger partial charge < -0.3 is 4.74 Å². The highest BCUT2D eigenvalue weighted by molar-refractivity contribution is 8.13. The standard InChI is InChI=1S/C16H19ClO4S/c1-21-15(18)16(10-14(16)11-4-2-3-5-11)12-6-8-13(9-7-12)22(17,19)20/h6-9,11,14H,2-5,10H2,1H3/t14-,16-/m0/s1. The average Bonchev–Trinajstić information content (AvgIpc) is 3.02. The fraction of sp³-hybridized carbons (Fsp3) is 0.562. The van der Waals surface area contributed by atoms with Crippen LogP contribution in [0.25, 0.3) is 0 Å². The Hall–Kier alpha value is -1.07. The first-order valence-electron chi connectivity index (χ1n) is 7.53. The molecule has 2 aliphatic carbocycles. The summed E-state index contributed by atoms with van der Waals surface area (Å²) < 4.78 is 27.7. The minimum Gasteiger partial charge on any atom is -0.468 e. The second kappa shape index (κ2) is 5.53. The van der Waals surface area contributed by atoms with Crippen molar-refractivity contribution in [3.63, 3.8) is 0 Å². The highest BCUT2D eigenvalue weighted by atomic mass is 35.7. The van der Waals surface area contributed by atoms with Crippen LogP contribution in [0, 0.1) is 11.8 Å². The van der Waals surface area contributed by atoms with Crippen molar-refractivity contribution < 1.29 is 17.9 Å². The van der Waals surface area contributed by atoms with E-state index < -0.39 is 14.5 Å². The van der Waals surface area contributed by atoms with Crippen LogP contribution in [-0.4, -0.2) is 21.5 Å². The topological polar surface area (TPSA) is 60.4 Å². The van der Waals surface area contributed by atoms with Gasteiger partial charge in [0.2, 0.25) is 0 Å². The first-order chi connectivity index (χ1) is 10.4. The molecule has 22 heavy (non-hydrogen) atoms. The number of benzene rings is 1. The molecule has 0 bridgehead atoms. The van der Waals surface area contributed by atoms with Crippen LogP contribution in [-0.2, 0) is 24.0 Å². The number of carbonyl (C=O) groups is 1. The van der Waals surface area contributed by atoms with Crippen molar-refractivity contribution in [2.24, 2.45) is 11.8 Å².